The number of hydrogen-bond acceptors (Lipinski definition) is 3. The highest BCUT2D eigenvalue weighted by atomic mass is 16.5. The fourth-order valence-electron chi connectivity index (χ4n) is 3.49. The van der Waals surface area contributed by atoms with Crippen molar-refractivity contribution in [2.24, 2.45) is 0 Å². The molecule has 0 atom stereocenters. The molecule has 0 aliphatic heterocycles. The van der Waals surface area contributed by atoms with E-state index in [1.807, 2.05) is 61.5 Å². The molecule has 0 radical (unpaired) electrons. The summed E-state index contributed by atoms with van der Waals surface area (Å²) < 4.78 is 5.97. The van der Waals surface area contributed by atoms with Gasteiger partial charge in [0, 0.05) is 19.4 Å². The standard InChI is InChI=1S/C26H29NO3/c1-2-25(29)27-18-9-19-30-24-17-16-21-13-6-7-14-22(21)26(24)23(28)15-8-12-20-10-4-3-5-11-20/h3-7,10-11,13-14,16-17H,2,8-9,12,15,18-19H2,1H3,(H,27,29). The van der Waals surface area contributed by atoms with Gasteiger partial charge in [-0.05, 0) is 41.7 Å². The molecule has 3 aromatic rings. The summed E-state index contributed by atoms with van der Waals surface area (Å²) >= 11 is 0. The van der Waals surface area contributed by atoms with Crippen molar-refractivity contribution in [3.63, 3.8) is 0 Å². The largest absolute Gasteiger partial charge is 0.493 e. The lowest BCUT2D eigenvalue weighted by molar-refractivity contribution is -0.120. The lowest BCUT2D eigenvalue weighted by atomic mass is 9.96. The molecule has 0 aromatic heterocycles. The van der Waals surface area contributed by atoms with Gasteiger partial charge in [-0.1, -0.05) is 67.6 Å². The number of ether oxygens (including phenoxy) is 1. The molecule has 3 aromatic carbocycles. The number of carbonyl (C=O) groups is 2. The van der Waals surface area contributed by atoms with Gasteiger partial charge in [0.05, 0.1) is 12.2 Å². The third kappa shape index (κ3) is 5.93. The Morgan fingerprint density at radius 1 is 0.900 bits per heavy atom. The fraction of sp³-hybridized carbons (Fsp3) is 0.308. The summed E-state index contributed by atoms with van der Waals surface area (Å²) in [6.45, 7) is 2.85. The van der Waals surface area contributed by atoms with Crippen molar-refractivity contribution < 1.29 is 14.3 Å². The number of Topliss-reactive ketones (excluding diaryl/α,β-unsaturated/α-hetero) is 1. The van der Waals surface area contributed by atoms with Crippen LogP contribution in [0.15, 0.2) is 66.7 Å². The van der Waals surface area contributed by atoms with Crippen LogP contribution in [0.4, 0.5) is 0 Å². The number of aryl methyl sites for hydroxylation is 1. The summed E-state index contributed by atoms with van der Waals surface area (Å²) in [5, 5.41) is 4.81. The van der Waals surface area contributed by atoms with Crippen LogP contribution in [0.1, 0.15) is 48.5 Å². The van der Waals surface area contributed by atoms with Crippen molar-refractivity contribution in [1.82, 2.24) is 5.32 Å². The number of hydrogen-bond donors (Lipinski definition) is 1. The molecule has 0 fully saturated rings. The molecular weight excluding hydrogens is 374 g/mol. The molecule has 0 aliphatic rings. The van der Waals surface area contributed by atoms with Gasteiger partial charge in [-0.25, -0.2) is 0 Å². The summed E-state index contributed by atoms with van der Waals surface area (Å²) in [4.78, 5) is 24.5. The Morgan fingerprint density at radius 3 is 2.47 bits per heavy atom. The van der Waals surface area contributed by atoms with Crippen molar-refractivity contribution >= 4 is 22.5 Å². The number of nitrogens with one attached hydrogen (secondary N) is 1. The van der Waals surface area contributed by atoms with Crippen LogP contribution in [0.2, 0.25) is 0 Å². The van der Waals surface area contributed by atoms with Crippen LogP contribution in [0.5, 0.6) is 5.75 Å². The minimum Gasteiger partial charge on any atom is -0.493 e. The van der Waals surface area contributed by atoms with E-state index in [-0.39, 0.29) is 11.7 Å². The molecule has 3 rings (SSSR count). The fourth-order valence-corrected chi connectivity index (χ4v) is 3.49. The normalized spacial score (nSPS) is 10.7. The second-order valence-electron chi connectivity index (χ2n) is 7.33. The van der Waals surface area contributed by atoms with Crippen LogP contribution in [0, 0.1) is 0 Å². The Morgan fingerprint density at radius 2 is 1.67 bits per heavy atom. The molecule has 0 aliphatic carbocycles. The average Bonchev–Trinajstić information content (AvgIpc) is 2.79. The molecular formula is C26H29NO3. The maximum absolute atomic E-state index is 13.1. The van der Waals surface area contributed by atoms with Crippen LogP contribution in [0.25, 0.3) is 10.8 Å². The Balaban J connectivity index is 1.68. The van der Waals surface area contributed by atoms with Gasteiger partial charge in [0.2, 0.25) is 5.91 Å². The summed E-state index contributed by atoms with van der Waals surface area (Å²) in [5.74, 6) is 0.771. The van der Waals surface area contributed by atoms with Crippen LogP contribution in [-0.4, -0.2) is 24.8 Å². The van der Waals surface area contributed by atoms with Crippen molar-refractivity contribution in [2.45, 2.75) is 39.0 Å². The van der Waals surface area contributed by atoms with Crippen molar-refractivity contribution in [2.75, 3.05) is 13.2 Å². The number of rotatable bonds is 11. The van der Waals surface area contributed by atoms with Crippen LogP contribution in [-0.2, 0) is 11.2 Å². The van der Waals surface area contributed by atoms with Gasteiger partial charge in [-0.3, -0.25) is 9.59 Å². The van der Waals surface area contributed by atoms with Gasteiger partial charge in [0.15, 0.2) is 5.78 Å². The zero-order valence-electron chi connectivity index (χ0n) is 17.5. The van der Waals surface area contributed by atoms with E-state index >= 15 is 0 Å². The van der Waals surface area contributed by atoms with Gasteiger partial charge in [-0.15, -0.1) is 0 Å². The molecule has 0 saturated heterocycles. The van der Waals surface area contributed by atoms with Gasteiger partial charge >= 0.3 is 0 Å². The summed E-state index contributed by atoms with van der Waals surface area (Å²) in [5.41, 5.74) is 1.91. The number of fused-ring (bicyclic) bond motifs is 1. The molecule has 4 heteroatoms. The van der Waals surface area contributed by atoms with Gasteiger partial charge < -0.3 is 10.1 Å². The number of carbonyl (C=O) groups excluding carboxylic acids is 2. The van der Waals surface area contributed by atoms with E-state index in [0.29, 0.717) is 43.7 Å². The van der Waals surface area contributed by atoms with E-state index in [4.69, 9.17) is 4.74 Å². The molecule has 156 valence electrons. The van der Waals surface area contributed by atoms with E-state index in [9.17, 15) is 9.59 Å². The molecule has 0 saturated carbocycles. The third-order valence-corrected chi connectivity index (χ3v) is 5.10. The lowest BCUT2D eigenvalue weighted by Gasteiger charge is -2.14. The van der Waals surface area contributed by atoms with Crippen molar-refractivity contribution in [1.29, 1.82) is 0 Å². The quantitative estimate of drug-likeness (QED) is 0.347. The number of benzene rings is 3. The molecule has 4 nitrogen and oxygen atoms in total. The Labute approximate surface area is 178 Å². The minimum absolute atomic E-state index is 0.0370. The first kappa shape index (κ1) is 21.6. The Hall–Kier alpha value is -3.14. The predicted octanol–water partition coefficient (Wildman–Crippen LogP) is 5.34. The van der Waals surface area contributed by atoms with E-state index in [2.05, 4.69) is 17.4 Å². The Bertz CT molecular complexity index is 982. The van der Waals surface area contributed by atoms with E-state index in [1.54, 1.807) is 0 Å². The zero-order chi connectivity index (χ0) is 21.2. The lowest BCUT2D eigenvalue weighted by Crippen LogP contribution is -2.24. The van der Waals surface area contributed by atoms with E-state index in [0.717, 1.165) is 23.6 Å². The summed E-state index contributed by atoms with van der Waals surface area (Å²) in [6.07, 6.45) is 3.33. The molecule has 0 spiro atoms. The first-order valence-electron chi connectivity index (χ1n) is 10.7. The second-order valence-corrected chi connectivity index (χ2v) is 7.33. The van der Waals surface area contributed by atoms with Gasteiger partial charge in [-0.2, -0.15) is 0 Å². The molecule has 30 heavy (non-hydrogen) atoms. The minimum atomic E-state index is 0.0370. The first-order chi connectivity index (χ1) is 14.7. The second kappa shape index (κ2) is 11.1. The highest BCUT2D eigenvalue weighted by molar-refractivity contribution is 6.10. The predicted molar refractivity (Wildman–Crippen MR) is 121 cm³/mol. The van der Waals surface area contributed by atoms with Crippen LogP contribution >= 0.6 is 0 Å². The monoisotopic (exact) mass is 403 g/mol. The van der Waals surface area contributed by atoms with Crippen LogP contribution < -0.4 is 10.1 Å². The first-order valence-corrected chi connectivity index (χ1v) is 10.7. The molecule has 0 heterocycles. The molecule has 1 amide bonds. The summed E-state index contributed by atoms with van der Waals surface area (Å²) in [7, 11) is 0. The number of ketones is 1. The van der Waals surface area contributed by atoms with E-state index in [1.165, 1.54) is 5.56 Å². The topological polar surface area (TPSA) is 55.4 Å². The SMILES string of the molecule is CCC(=O)NCCCOc1ccc2ccccc2c1C(=O)CCCc1ccccc1. The van der Waals surface area contributed by atoms with Gasteiger partial charge in [0.25, 0.3) is 0 Å². The Kier molecular flexibility index (Phi) is 8.02. The highest BCUT2D eigenvalue weighted by Gasteiger charge is 2.16. The zero-order valence-corrected chi connectivity index (χ0v) is 17.5. The number of amides is 1. The highest BCUT2D eigenvalue weighted by Crippen LogP contribution is 2.30. The third-order valence-electron chi connectivity index (χ3n) is 5.10. The average molecular weight is 404 g/mol. The maximum Gasteiger partial charge on any atom is 0.219 e. The molecule has 0 unspecified atom stereocenters. The van der Waals surface area contributed by atoms with Crippen molar-refractivity contribution in [3.05, 3.63) is 77.9 Å². The van der Waals surface area contributed by atoms with Crippen LogP contribution in [0.3, 0.4) is 0 Å². The molecule has 0 bridgehead atoms. The summed E-state index contributed by atoms with van der Waals surface area (Å²) in [6, 6.07) is 22.0. The maximum atomic E-state index is 13.1. The smallest absolute Gasteiger partial charge is 0.219 e. The van der Waals surface area contributed by atoms with Gasteiger partial charge in [0.1, 0.15) is 5.75 Å². The van der Waals surface area contributed by atoms with Crippen molar-refractivity contribution in [3.8, 4) is 5.75 Å². The van der Waals surface area contributed by atoms with E-state index < -0.39 is 0 Å². The molecule has 1 N–H and O–H groups in total.